The molecule has 2 fully saturated rings. The Morgan fingerprint density at radius 3 is 2.49 bits per heavy atom. The summed E-state index contributed by atoms with van der Waals surface area (Å²) in [7, 11) is 1.88. The average Bonchev–Trinajstić information content (AvgIpc) is 3.74. The molecule has 0 unspecified atom stereocenters. The van der Waals surface area contributed by atoms with Crippen LogP contribution in [0.1, 0.15) is 63.0 Å². The number of piperidine rings is 1. The predicted molar refractivity (Wildman–Crippen MR) is 187 cm³/mol. The number of nitrogens with one attached hydrogen (secondary N) is 2. The zero-order valence-corrected chi connectivity index (χ0v) is 27.9. The molecule has 13 nitrogen and oxygen atoms in total. The second kappa shape index (κ2) is 13.9. The van der Waals surface area contributed by atoms with E-state index >= 15 is 0 Å². The second-order valence-corrected chi connectivity index (χ2v) is 13.3. The highest BCUT2D eigenvalue weighted by Crippen LogP contribution is 2.36. The molecule has 1 saturated carbocycles. The Morgan fingerprint density at radius 2 is 1.84 bits per heavy atom. The van der Waals surface area contributed by atoms with Crippen molar-refractivity contribution in [3.05, 3.63) is 78.4 Å². The lowest BCUT2D eigenvalue weighted by molar-refractivity contribution is -0.0360. The number of benzene rings is 1. The summed E-state index contributed by atoms with van der Waals surface area (Å²) in [4.78, 5) is 37.6. The van der Waals surface area contributed by atoms with Crippen LogP contribution in [0.2, 0.25) is 0 Å². The van der Waals surface area contributed by atoms with Crippen molar-refractivity contribution in [2.24, 2.45) is 12.2 Å². The van der Waals surface area contributed by atoms with Crippen molar-refractivity contribution >= 4 is 29.3 Å². The first kappa shape index (κ1) is 32.1. The molecule has 2 amide bonds. The number of nitrogens with zero attached hydrogens (tertiary/aromatic N) is 9. The Labute approximate surface area is 286 Å². The molecule has 1 spiro atoms. The molecule has 3 aliphatic rings. The SMILES string of the molecule is CC1=NOC2(CCN(c3nc(NC4CCC(N(C(=O)NCc5ccccc5)c5ccc(-c6cnn(C)c6)cn5)CC4)ncc3C#N)CC2)C1. The number of carbonyl (C=O) groups excluding carboxylic acids is 1. The van der Waals surface area contributed by atoms with Crippen molar-refractivity contribution in [3.8, 4) is 17.2 Å². The van der Waals surface area contributed by atoms with Crippen molar-refractivity contribution < 1.29 is 9.63 Å². The van der Waals surface area contributed by atoms with Crippen LogP contribution in [0.15, 0.2) is 72.4 Å². The second-order valence-electron chi connectivity index (χ2n) is 13.3. The van der Waals surface area contributed by atoms with Crippen molar-refractivity contribution in [1.82, 2.24) is 30.0 Å². The normalized spacial score (nSPS) is 19.9. The fraction of sp³-hybridized carbons (Fsp3) is 0.417. The number of nitriles is 1. The van der Waals surface area contributed by atoms with Gasteiger partial charge in [0.1, 0.15) is 23.1 Å². The number of aromatic nitrogens is 5. The summed E-state index contributed by atoms with van der Waals surface area (Å²) in [6.45, 7) is 3.90. The Balaban J connectivity index is 1.02. The Hall–Kier alpha value is -5.51. The Morgan fingerprint density at radius 1 is 1.04 bits per heavy atom. The third-order valence-corrected chi connectivity index (χ3v) is 9.77. The molecule has 252 valence electrons. The van der Waals surface area contributed by atoms with Crippen LogP contribution in [-0.4, -0.2) is 67.2 Å². The number of rotatable bonds is 8. The number of oxime groups is 1. The van der Waals surface area contributed by atoms with Crippen molar-refractivity contribution in [2.45, 2.75) is 76.1 Å². The molecule has 2 aliphatic heterocycles. The van der Waals surface area contributed by atoms with Gasteiger partial charge >= 0.3 is 6.03 Å². The standard InChI is InChI=1S/C36H41N11O2/c1-25-18-36(49-44-25)14-16-46(17-15-36)33-28(19-37)22-39-34(43-33)42-30-9-11-31(12-10-30)47(35(48)40-20-26-6-4-3-5-7-26)32-13-8-27(21-38-32)29-23-41-45(2)24-29/h3-8,13,21-24,30-31H,9-12,14-18,20H2,1-2H3,(H,40,48)(H,39,42,43). The van der Waals surface area contributed by atoms with Gasteiger partial charge in [0.2, 0.25) is 5.95 Å². The number of anilines is 3. The number of aryl methyl sites for hydroxylation is 1. The van der Waals surface area contributed by atoms with Gasteiger partial charge in [0, 0.05) is 81.5 Å². The van der Waals surface area contributed by atoms with Crippen LogP contribution in [0.25, 0.3) is 11.1 Å². The van der Waals surface area contributed by atoms with E-state index < -0.39 is 0 Å². The highest BCUT2D eigenvalue weighted by molar-refractivity contribution is 5.91. The molecule has 1 aliphatic carbocycles. The molecule has 4 aromatic rings. The van der Waals surface area contributed by atoms with E-state index in [0.29, 0.717) is 29.7 Å². The van der Waals surface area contributed by atoms with Crippen molar-refractivity contribution in [3.63, 3.8) is 0 Å². The molecule has 49 heavy (non-hydrogen) atoms. The van der Waals surface area contributed by atoms with Gasteiger partial charge in [-0.2, -0.15) is 15.3 Å². The highest BCUT2D eigenvalue weighted by Gasteiger charge is 2.41. The first-order chi connectivity index (χ1) is 23.9. The van der Waals surface area contributed by atoms with E-state index in [9.17, 15) is 10.1 Å². The van der Waals surface area contributed by atoms with E-state index in [1.807, 2.05) is 67.5 Å². The molecule has 5 heterocycles. The lowest BCUT2D eigenvalue weighted by atomic mass is 9.87. The minimum absolute atomic E-state index is 0.0332. The lowest BCUT2D eigenvalue weighted by Gasteiger charge is -2.38. The topological polar surface area (TPSA) is 149 Å². The molecule has 7 rings (SSSR count). The van der Waals surface area contributed by atoms with E-state index in [1.165, 1.54) is 0 Å². The first-order valence-corrected chi connectivity index (χ1v) is 16.9. The fourth-order valence-corrected chi connectivity index (χ4v) is 7.11. The van der Waals surface area contributed by atoms with E-state index in [0.717, 1.165) is 80.4 Å². The maximum absolute atomic E-state index is 13.8. The zero-order chi connectivity index (χ0) is 33.8. The van der Waals surface area contributed by atoms with Crippen LogP contribution in [0, 0.1) is 11.3 Å². The third-order valence-electron chi connectivity index (χ3n) is 9.77. The Kier molecular flexibility index (Phi) is 9.11. The molecule has 1 aromatic carbocycles. The van der Waals surface area contributed by atoms with Gasteiger partial charge in [-0.3, -0.25) is 9.58 Å². The molecule has 0 atom stereocenters. The maximum Gasteiger partial charge on any atom is 0.323 e. The summed E-state index contributed by atoms with van der Waals surface area (Å²) >= 11 is 0. The number of urea groups is 1. The van der Waals surface area contributed by atoms with E-state index in [2.05, 4.69) is 36.8 Å². The molecule has 0 bridgehead atoms. The Bertz CT molecular complexity index is 1830. The maximum atomic E-state index is 13.8. The quantitative estimate of drug-likeness (QED) is 0.253. The molecular formula is C36H41N11O2. The van der Waals surface area contributed by atoms with Gasteiger partial charge < -0.3 is 20.4 Å². The van der Waals surface area contributed by atoms with Crippen LogP contribution >= 0.6 is 0 Å². The van der Waals surface area contributed by atoms with Gasteiger partial charge in [-0.05, 0) is 50.3 Å². The molecule has 1 saturated heterocycles. The largest absolute Gasteiger partial charge is 0.389 e. The monoisotopic (exact) mass is 659 g/mol. The van der Waals surface area contributed by atoms with Gasteiger partial charge in [0.25, 0.3) is 0 Å². The molecule has 3 aromatic heterocycles. The smallest absolute Gasteiger partial charge is 0.323 e. The van der Waals surface area contributed by atoms with Gasteiger partial charge in [-0.25, -0.2) is 14.8 Å². The van der Waals surface area contributed by atoms with Crippen LogP contribution in [-0.2, 0) is 18.4 Å². The zero-order valence-electron chi connectivity index (χ0n) is 27.9. The van der Waals surface area contributed by atoms with Crippen LogP contribution in [0.5, 0.6) is 0 Å². The molecule has 0 radical (unpaired) electrons. The number of pyridine rings is 1. The fourth-order valence-electron chi connectivity index (χ4n) is 7.11. The lowest BCUT2D eigenvalue weighted by Crippen LogP contribution is -2.49. The predicted octanol–water partition coefficient (Wildman–Crippen LogP) is 5.42. The molecule has 2 N–H and O–H groups in total. The number of carbonyl (C=O) groups is 1. The van der Waals surface area contributed by atoms with Crippen LogP contribution in [0.3, 0.4) is 0 Å². The summed E-state index contributed by atoms with van der Waals surface area (Å²) in [5, 5.41) is 24.9. The van der Waals surface area contributed by atoms with Gasteiger partial charge in [0.05, 0.1) is 18.1 Å². The van der Waals surface area contributed by atoms with Crippen LogP contribution < -0.4 is 20.4 Å². The summed E-state index contributed by atoms with van der Waals surface area (Å²) in [6.07, 6.45) is 12.9. The first-order valence-electron chi connectivity index (χ1n) is 16.9. The van der Waals surface area contributed by atoms with E-state index in [1.54, 1.807) is 23.3 Å². The third kappa shape index (κ3) is 7.18. The van der Waals surface area contributed by atoms with Gasteiger partial charge in [-0.1, -0.05) is 35.5 Å². The minimum atomic E-state index is -0.233. The van der Waals surface area contributed by atoms with Gasteiger partial charge in [0.15, 0.2) is 5.82 Å². The molecular weight excluding hydrogens is 618 g/mol. The van der Waals surface area contributed by atoms with E-state index in [4.69, 9.17) is 14.8 Å². The van der Waals surface area contributed by atoms with Crippen molar-refractivity contribution in [2.75, 3.05) is 28.2 Å². The van der Waals surface area contributed by atoms with Crippen LogP contribution in [0.4, 0.5) is 22.4 Å². The van der Waals surface area contributed by atoms with E-state index in [-0.39, 0.29) is 23.7 Å². The van der Waals surface area contributed by atoms with Crippen molar-refractivity contribution in [1.29, 1.82) is 5.26 Å². The number of hydrogen-bond donors (Lipinski definition) is 2. The number of hydrogen-bond acceptors (Lipinski definition) is 10. The minimum Gasteiger partial charge on any atom is -0.389 e. The molecule has 13 heteroatoms. The summed E-state index contributed by atoms with van der Waals surface area (Å²) in [5.41, 5.74) is 4.20. The van der Waals surface area contributed by atoms with Gasteiger partial charge in [-0.15, -0.1) is 0 Å². The summed E-state index contributed by atoms with van der Waals surface area (Å²) in [5.74, 6) is 1.78. The number of amides is 2. The summed E-state index contributed by atoms with van der Waals surface area (Å²) < 4.78 is 1.76. The summed E-state index contributed by atoms with van der Waals surface area (Å²) in [6, 6.07) is 16.0. The average molecular weight is 660 g/mol. The highest BCUT2D eigenvalue weighted by atomic mass is 16.7.